The molecule has 0 aliphatic heterocycles. The van der Waals surface area contributed by atoms with E-state index in [-0.39, 0.29) is 32.6 Å². The van der Waals surface area contributed by atoms with E-state index in [9.17, 15) is 24.2 Å². The summed E-state index contributed by atoms with van der Waals surface area (Å²) in [5.74, 6) is -1.03. The molecule has 296 valence electrons. The number of carbonyl (C=O) groups is 2. The van der Waals surface area contributed by atoms with E-state index >= 15 is 0 Å². The predicted molar refractivity (Wildman–Crippen MR) is 207 cm³/mol. The Morgan fingerprint density at radius 3 is 1.90 bits per heavy atom. The van der Waals surface area contributed by atoms with E-state index in [1.165, 1.54) is 70.6 Å². The molecule has 0 amide bonds. The number of carbonyl (C=O) groups excluding carboxylic acids is 2. The first-order chi connectivity index (χ1) is 24.7. The number of ether oxygens (including phenoxy) is 2. The Kier molecular flexibility index (Phi) is 34.8. The standard InChI is InChI=1S/C40H72NO9P/c1-3-5-7-9-11-13-15-17-18-20-22-24-26-29-37(42)30-28-32-40(44)50-38(36-49-51(45,46)48-34-33-41)35-47-39(43)31-27-25-23-21-19-16-14-12-10-8-6-4-2/h11,13,17-18,22,24,26,29,37-38,42H,3-10,12,14-16,19-21,23,25,27-28,30-36,41H2,1-2H3,(H,45,46)/b13-11-,18-17-,24-22-,29-26+/t37-,38+/m0/s1. The molecular weight excluding hydrogens is 669 g/mol. The molecule has 10 nitrogen and oxygen atoms in total. The van der Waals surface area contributed by atoms with Gasteiger partial charge in [0.1, 0.15) is 6.61 Å². The van der Waals surface area contributed by atoms with Gasteiger partial charge in [-0.25, -0.2) is 4.57 Å². The van der Waals surface area contributed by atoms with E-state index in [4.69, 9.17) is 24.3 Å². The molecule has 3 atom stereocenters. The van der Waals surface area contributed by atoms with Gasteiger partial charge in [-0.15, -0.1) is 0 Å². The van der Waals surface area contributed by atoms with Gasteiger partial charge in [0.2, 0.25) is 0 Å². The maximum absolute atomic E-state index is 12.5. The number of hydrogen-bond acceptors (Lipinski definition) is 9. The fraction of sp³-hybridized carbons (Fsp3) is 0.750. The molecule has 0 heterocycles. The van der Waals surface area contributed by atoms with Crippen molar-refractivity contribution in [3.8, 4) is 0 Å². The molecule has 0 spiro atoms. The van der Waals surface area contributed by atoms with Crippen molar-refractivity contribution in [3.05, 3.63) is 48.6 Å². The second-order valence-corrected chi connectivity index (χ2v) is 14.5. The lowest BCUT2D eigenvalue weighted by Gasteiger charge is -2.20. The molecule has 11 heteroatoms. The van der Waals surface area contributed by atoms with Crippen LogP contribution in [-0.2, 0) is 32.7 Å². The number of aliphatic hydroxyl groups is 1. The summed E-state index contributed by atoms with van der Waals surface area (Å²) in [6.45, 7) is 3.45. The van der Waals surface area contributed by atoms with Crippen LogP contribution in [0, 0.1) is 0 Å². The smallest absolute Gasteiger partial charge is 0.462 e. The molecule has 0 saturated carbocycles. The first kappa shape index (κ1) is 48.9. The predicted octanol–water partition coefficient (Wildman–Crippen LogP) is 9.74. The molecule has 0 saturated heterocycles. The summed E-state index contributed by atoms with van der Waals surface area (Å²) >= 11 is 0. The minimum absolute atomic E-state index is 0.00233. The summed E-state index contributed by atoms with van der Waals surface area (Å²) in [7, 11) is -4.42. The molecule has 0 aliphatic carbocycles. The van der Waals surface area contributed by atoms with E-state index in [1.807, 2.05) is 12.2 Å². The summed E-state index contributed by atoms with van der Waals surface area (Å²) in [6, 6.07) is 0. The summed E-state index contributed by atoms with van der Waals surface area (Å²) in [5, 5.41) is 10.2. The van der Waals surface area contributed by atoms with Crippen molar-refractivity contribution in [2.75, 3.05) is 26.4 Å². The second-order valence-electron chi connectivity index (χ2n) is 13.0. The lowest BCUT2D eigenvalue weighted by molar-refractivity contribution is -0.161. The third-order valence-electron chi connectivity index (χ3n) is 8.07. The van der Waals surface area contributed by atoms with Gasteiger partial charge in [0, 0.05) is 19.4 Å². The van der Waals surface area contributed by atoms with Crippen molar-refractivity contribution in [2.45, 2.75) is 167 Å². The number of esters is 2. The monoisotopic (exact) mass is 741 g/mol. The molecule has 4 N–H and O–H groups in total. The fourth-order valence-electron chi connectivity index (χ4n) is 5.09. The van der Waals surface area contributed by atoms with E-state index in [0.717, 1.165) is 38.5 Å². The molecule has 0 aromatic carbocycles. The van der Waals surface area contributed by atoms with E-state index in [0.29, 0.717) is 19.3 Å². The normalized spacial score (nSPS) is 14.5. The summed E-state index contributed by atoms with van der Waals surface area (Å²) in [5.41, 5.74) is 5.32. The van der Waals surface area contributed by atoms with E-state index < -0.39 is 38.6 Å². The number of phosphoric ester groups is 1. The maximum atomic E-state index is 12.5. The van der Waals surface area contributed by atoms with Gasteiger partial charge in [-0.1, -0.05) is 146 Å². The molecule has 1 unspecified atom stereocenters. The molecule has 0 radical (unpaired) electrons. The Morgan fingerprint density at radius 2 is 1.25 bits per heavy atom. The minimum Gasteiger partial charge on any atom is -0.462 e. The van der Waals surface area contributed by atoms with Crippen LogP contribution in [0.3, 0.4) is 0 Å². The number of hydrogen-bond donors (Lipinski definition) is 3. The van der Waals surface area contributed by atoms with Gasteiger partial charge in [0.25, 0.3) is 0 Å². The zero-order chi connectivity index (χ0) is 37.7. The highest BCUT2D eigenvalue weighted by molar-refractivity contribution is 7.47. The van der Waals surface area contributed by atoms with Crippen LogP contribution in [0.25, 0.3) is 0 Å². The summed E-state index contributed by atoms with van der Waals surface area (Å²) < 4.78 is 32.5. The minimum atomic E-state index is -4.42. The van der Waals surface area contributed by atoms with E-state index in [2.05, 4.69) is 38.2 Å². The highest BCUT2D eigenvalue weighted by Crippen LogP contribution is 2.43. The van der Waals surface area contributed by atoms with Crippen molar-refractivity contribution in [1.29, 1.82) is 0 Å². The zero-order valence-electron chi connectivity index (χ0n) is 31.9. The fourth-order valence-corrected chi connectivity index (χ4v) is 5.85. The summed E-state index contributed by atoms with van der Waals surface area (Å²) in [4.78, 5) is 34.7. The van der Waals surface area contributed by atoms with Crippen molar-refractivity contribution < 1.29 is 42.7 Å². The number of phosphoric acid groups is 1. The van der Waals surface area contributed by atoms with Crippen LogP contribution < -0.4 is 5.73 Å². The first-order valence-electron chi connectivity index (χ1n) is 19.7. The van der Waals surface area contributed by atoms with Crippen LogP contribution in [0.15, 0.2) is 48.6 Å². The van der Waals surface area contributed by atoms with Gasteiger partial charge < -0.3 is 25.2 Å². The SMILES string of the molecule is CCCCC/C=C\C/C=C\C/C=C\C=C\[C@H](O)CCCC(=O)O[C@H](COC(=O)CCCCCCCCCCCCCC)COP(=O)(O)OCCN. The van der Waals surface area contributed by atoms with Crippen molar-refractivity contribution in [3.63, 3.8) is 0 Å². The van der Waals surface area contributed by atoms with Gasteiger partial charge in [0.15, 0.2) is 6.10 Å². The van der Waals surface area contributed by atoms with Gasteiger partial charge in [0.05, 0.1) is 19.3 Å². The molecule has 0 aromatic heterocycles. The van der Waals surface area contributed by atoms with Crippen molar-refractivity contribution >= 4 is 19.8 Å². The Balaban J connectivity index is 4.43. The highest BCUT2D eigenvalue weighted by Gasteiger charge is 2.26. The summed E-state index contributed by atoms with van der Waals surface area (Å²) in [6.07, 6.45) is 36.0. The molecule has 0 aromatic rings. The molecule has 0 bridgehead atoms. The molecule has 0 fully saturated rings. The van der Waals surface area contributed by atoms with Crippen LogP contribution in [0.1, 0.15) is 155 Å². The number of nitrogens with two attached hydrogens (primary N) is 1. The second kappa shape index (κ2) is 36.3. The molecular formula is C40H72NO9P. The number of rotatable bonds is 36. The number of aliphatic hydroxyl groups excluding tert-OH is 1. The van der Waals surface area contributed by atoms with Crippen LogP contribution >= 0.6 is 7.82 Å². The Labute approximate surface area is 309 Å². The van der Waals surface area contributed by atoms with Crippen molar-refractivity contribution in [1.82, 2.24) is 0 Å². The zero-order valence-corrected chi connectivity index (χ0v) is 32.8. The molecule has 0 rings (SSSR count). The van der Waals surface area contributed by atoms with Gasteiger partial charge >= 0.3 is 19.8 Å². The van der Waals surface area contributed by atoms with Gasteiger partial charge in [-0.3, -0.25) is 18.6 Å². The number of allylic oxidation sites excluding steroid dienone is 7. The Hall–Kier alpha value is -2.07. The van der Waals surface area contributed by atoms with Gasteiger partial charge in [-0.2, -0.15) is 0 Å². The average molecular weight is 742 g/mol. The molecule has 51 heavy (non-hydrogen) atoms. The largest absolute Gasteiger partial charge is 0.472 e. The Morgan fingerprint density at radius 1 is 0.686 bits per heavy atom. The van der Waals surface area contributed by atoms with E-state index in [1.54, 1.807) is 12.2 Å². The van der Waals surface area contributed by atoms with Crippen LogP contribution in [-0.4, -0.2) is 60.5 Å². The Bertz CT molecular complexity index is 998. The van der Waals surface area contributed by atoms with Crippen LogP contribution in [0.5, 0.6) is 0 Å². The quantitative estimate of drug-likeness (QED) is 0.0186. The third kappa shape index (κ3) is 36.1. The lowest BCUT2D eigenvalue weighted by atomic mass is 10.0. The van der Waals surface area contributed by atoms with Gasteiger partial charge in [-0.05, 0) is 44.9 Å². The topological polar surface area (TPSA) is 155 Å². The first-order valence-corrected chi connectivity index (χ1v) is 21.2. The highest BCUT2D eigenvalue weighted by atomic mass is 31.2. The average Bonchev–Trinajstić information content (AvgIpc) is 3.11. The van der Waals surface area contributed by atoms with Crippen molar-refractivity contribution in [2.24, 2.45) is 5.73 Å². The third-order valence-corrected chi connectivity index (χ3v) is 9.06. The molecule has 0 aliphatic rings. The number of unbranched alkanes of at least 4 members (excludes halogenated alkanes) is 14. The van der Waals surface area contributed by atoms with Crippen LogP contribution in [0.2, 0.25) is 0 Å². The van der Waals surface area contributed by atoms with Crippen LogP contribution in [0.4, 0.5) is 0 Å². The maximum Gasteiger partial charge on any atom is 0.472 e. The lowest BCUT2D eigenvalue weighted by Crippen LogP contribution is -2.29.